The van der Waals surface area contributed by atoms with Crippen molar-refractivity contribution in [3.8, 4) is 0 Å². The lowest BCUT2D eigenvalue weighted by Crippen LogP contribution is -2.49. The van der Waals surface area contributed by atoms with E-state index in [4.69, 9.17) is 11.6 Å². The molecule has 0 bridgehead atoms. The number of carbonyl (C=O) groups excluding carboxylic acids is 2. The van der Waals surface area contributed by atoms with Crippen LogP contribution >= 0.6 is 11.6 Å². The number of rotatable bonds is 12. The van der Waals surface area contributed by atoms with Crippen LogP contribution in [0.3, 0.4) is 0 Å². The number of hydrogen-bond donors (Lipinski definition) is 1. The average molecular weight is 522 g/mol. The predicted octanol–water partition coefficient (Wildman–Crippen LogP) is 4.53. The zero-order valence-corrected chi connectivity index (χ0v) is 22.7. The zero-order chi connectivity index (χ0) is 26.2. The monoisotopic (exact) mass is 521 g/mol. The molecule has 0 saturated heterocycles. The van der Waals surface area contributed by atoms with E-state index in [-0.39, 0.29) is 30.8 Å². The molecule has 0 unspecified atom stereocenters. The predicted molar refractivity (Wildman–Crippen MR) is 142 cm³/mol. The van der Waals surface area contributed by atoms with Gasteiger partial charge in [-0.1, -0.05) is 42.8 Å². The Labute approximate surface area is 214 Å². The van der Waals surface area contributed by atoms with Gasteiger partial charge in [-0.2, -0.15) is 0 Å². The summed E-state index contributed by atoms with van der Waals surface area (Å²) in [6, 6.07) is 13.6. The maximum absolute atomic E-state index is 13.3. The van der Waals surface area contributed by atoms with Crippen molar-refractivity contribution in [3.05, 3.63) is 64.7 Å². The normalized spacial score (nSPS) is 13.1. The second-order valence-corrected chi connectivity index (χ2v) is 11.2. The first kappa shape index (κ1) is 28.7. The van der Waals surface area contributed by atoms with Crippen molar-refractivity contribution in [2.75, 3.05) is 17.1 Å². The lowest BCUT2D eigenvalue weighted by Gasteiger charge is -2.30. The van der Waals surface area contributed by atoms with Crippen LogP contribution in [0, 0.1) is 6.92 Å². The van der Waals surface area contributed by atoms with Crippen LogP contribution in [0.25, 0.3) is 0 Å². The molecule has 0 aliphatic carbocycles. The molecule has 7 nitrogen and oxygen atoms in total. The number of hydrogen-bond acceptors (Lipinski definition) is 4. The Morgan fingerprint density at radius 1 is 1.06 bits per heavy atom. The van der Waals surface area contributed by atoms with E-state index in [1.807, 2.05) is 45.0 Å². The Bertz CT molecular complexity index is 1110. The van der Waals surface area contributed by atoms with Crippen LogP contribution < -0.4 is 9.62 Å². The van der Waals surface area contributed by atoms with E-state index in [2.05, 4.69) is 5.32 Å². The van der Waals surface area contributed by atoms with Crippen molar-refractivity contribution in [2.45, 2.75) is 65.6 Å². The van der Waals surface area contributed by atoms with Crippen molar-refractivity contribution < 1.29 is 18.0 Å². The number of nitrogens with one attached hydrogen (secondary N) is 1. The first-order valence-electron chi connectivity index (χ1n) is 11.8. The highest BCUT2D eigenvalue weighted by Crippen LogP contribution is 2.22. The Morgan fingerprint density at radius 3 is 2.26 bits per heavy atom. The molecule has 1 N–H and O–H groups in total. The highest BCUT2D eigenvalue weighted by atomic mass is 35.5. The Kier molecular flexibility index (Phi) is 10.6. The van der Waals surface area contributed by atoms with Gasteiger partial charge in [-0.05, 0) is 69.0 Å². The fourth-order valence-electron chi connectivity index (χ4n) is 3.63. The van der Waals surface area contributed by atoms with Gasteiger partial charge in [0, 0.05) is 30.6 Å². The molecule has 0 fully saturated rings. The van der Waals surface area contributed by atoms with E-state index in [1.54, 1.807) is 36.1 Å². The molecule has 2 rings (SSSR count). The highest BCUT2D eigenvalue weighted by Gasteiger charge is 2.27. The van der Waals surface area contributed by atoms with Crippen LogP contribution in [0.2, 0.25) is 5.02 Å². The highest BCUT2D eigenvalue weighted by molar-refractivity contribution is 7.92. The fourth-order valence-corrected chi connectivity index (χ4v) is 4.72. The number of anilines is 1. The first-order valence-corrected chi connectivity index (χ1v) is 14.0. The maximum atomic E-state index is 13.3. The zero-order valence-electron chi connectivity index (χ0n) is 21.1. The summed E-state index contributed by atoms with van der Waals surface area (Å²) in [4.78, 5) is 27.8. The summed E-state index contributed by atoms with van der Waals surface area (Å²) < 4.78 is 26.0. The molecule has 0 heterocycles. The van der Waals surface area contributed by atoms with Crippen LogP contribution in [-0.2, 0) is 26.2 Å². The van der Waals surface area contributed by atoms with Gasteiger partial charge < -0.3 is 10.2 Å². The smallest absolute Gasteiger partial charge is 0.242 e. The van der Waals surface area contributed by atoms with E-state index < -0.39 is 16.1 Å². The number of halogens is 1. The van der Waals surface area contributed by atoms with Crippen molar-refractivity contribution >= 4 is 39.1 Å². The minimum Gasteiger partial charge on any atom is -0.352 e. The molecule has 192 valence electrons. The number of benzene rings is 2. The number of sulfonamides is 1. The van der Waals surface area contributed by atoms with Crippen molar-refractivity contribution in [3.63, 3.8) is 0 Å². The molecule has 2 aromatic rings. The van der Waals surface area contributed by atoms with Gasteiger partial charge in [0.1, 0.15) is 6.04 Å². The van der Waals surface area contributed by atoms with Crippen molar-refractivity contribution in [1.82, 2.24) is 10.2 Å². The number of carbonyl (C=O) groups is 2. The molecule has 0 aliphatic rings. The maximum Gasteiger partial charge on any atom is 0.242 e. The quantitative estimate of drug-likeness (QED) is 0.444. The lowest BCUT2D eigenvalue weighted by atomic mass is 10.1. The van der Waals surface area contributed by atoms with E-state index in [1.165, 1.54) is 4.31 Å². The third-order valence-electron chi connectivity index (χ3n) is 6.04. The SMILES string of the molecule is CC[C@@H](C)NC(=O)[C@@H](C)N(Cc1ccccc1C)C(=O)CCCN(c1ccc(Cl)cc1)S(C)(=O)=O. The summed E-state index contributed by atoms with van der Waals surface area (Å²) in [6.07, 6.45) is 2.33. The minimum atomic E-state index is -3.55. The largest absolute Gasteiger partial charge is 0.352 e. The van der Waals surface area contributed by atoms with Gasteiger partial charge in [0.2, 0.25) is 21.8 Å². The van der Waals surface area contributed by atoms with Gasteiger partial charge in [0.05, 0.1) is 11.9 Å². The molecule has 0 aromatic heterocycles. The first-order chi connectivity index (χ1) is 16.4. The Morgan fingerprint density at radius 2 is 1.69 bits per heavy atom. The standard InChI is InChI=1S/C26H36ClN3O4S/c1-6-20(3)28-26(32)21(4)29(18-22-11-8-7-10-19(22)2)25(31)12-9-17-30(35(5,33)34)24-15-13-23(27)14-16-24/h7-8,10-11,13-16,20-21H,6,9,12,17-18H2,1-5H3,(H,28,32)/t20-,21-/m1/s1. The molecule has 2 atom stereocenters. The average Bonchev–Trinajstić information content (AvgIpc) is 2.80. The molecule has 9 heteroatoms. The molecule has 0 spiro atoms. The van der Waals surface area contributed by atoms with Crippen LogP contribution in [0.1, 0.15) is 51.2 Å². The Hall–Kier alpha value is -2.58. The summed E-state index contributed by atoms with van der Waals surface area (Å²) in [7, 11) is -3.55. The van der Waals surface area contributed by atoms with Gasteiger partial charge in [-0.15, -0.1) is 0 Å². The molecular formula is C26H36ClN3O4S. The second kappa shape index (κ2) is 12.9. The molecule has 0 aliphatic heterocycles. The molecule has 35 heavy (non-hydrogen) atoms. The number of amides is 2. The molecule has 2 aromatic carbocycles. The van der Waals surface area contributed by atoms with Gasteiger partial charge in [-0.25, -0.2) is 8.42 Å². The van der Waals surface area contributed by atoms with Crippen LogP contribution in [0.4, 0.5) is 5.69 Å². The minimum absolute atomic E-state index is 0.00283. The van der Waals surface area contributed by atoms with E-state index in [0.717, 1.165) is 23.8 Å². The second-order valence-electron chi connectivity index (χ2n) is 8.86. The fraction of sp³-hybridized carbons (Fsp3) is 0.462. The van der Waals surface area contributed by atoms with Crippen LogP contribution in [0.5, 0.6) is 0 Å². The Balaban J connectivity index is 2.18. The number of nitrogens with zero attached hydrogens (tertiary/aromatic N) is 2. The van der Waals surface area contributed by atoms with Gasteiger partial charge in [0.15, 0.2) is 0 Å². The summed E-state index contributed by atoms with van der Waals surface area (Å²) >= 11 is 5.93. The van der Waals surface area contributed by atoms with Crippen LogP contribution in [0.15, 0.2) is 48.5 Å². The van der Waals surface area contributed by atoms with Crippen LogP contribution in [-0.4, -0.2) is 50.0 Å². The summed E-state index contributed by atoms with van der Waals surface area (Å²) in [5, 5.41) is 3.46. The molecule has 0 radical (unpaired) electrons. The number of aryl methyl sites for hydroxylation is 1. The van der Waals surface area contributed by atoms with Gasteiger partial charge in [-0.3, -0.25) is 13.9 Å². The molecule has 2 amide bonds. The molecule has 0 saturated carbocycles. The lowest BCUT2D eigenvalue weighted by molar-refractivity contribution is -0.140. The van der Waals surface area contributed by atoms with Crippen molar-refractivity contribution in [1.29, 1.82) is 0 Å². The van der Waals surface area contributed by atoms with E-state index >= 15 is 0 Å². The van der Waals surface area contributed by atoms with E-state index in [9.17, 15) is 18.0 Å². The third kappa shape index (κ3) is 8.54. The van der Waals surface area contributed by atoms with Gasteiger partial charge in [0.25, 0.3) is 0 Å². The topological polar surface area (TPSA) is 86.8 Å². The summed E-state index contributed by atoms with van der Waals surface area (Å²) in [5.41, 5.74) is 2.48. The van der Waals surface area contributed by atoms with Gasteiger partial charge >= 0.3 is 0 Å². The summed E-state index contributed by atoms with van der Waals surface area (Å²) in [5.74, 6) is -0.412. The van der Waals surface area contributed by atoms with Crippen molar-refractivity contribution in [2.24, 2.45) is 0 Å². The van der Waals surface area contributed by atoms with E-state index in [0.29, 0.717) is 23.7 Å². The third-order valence-corrected chi connectivity index (χ3v) is 7.48. The summed E-state index contributed by atoms with van der Waals surface area (Å²) in [6.45, 7) is 8.04. The molecular weight excluding hydrogens is 486 g/mol.